The molecule has 0 unspecified atom stereocenters. The molecule has 0 bridgehead atoms. The van der Waals surface area contributed by atoms with Crippen molar-refractivity contribution in [2.75, 3.05) is 0 Å². The van der Waals surface area contributed by atoms with Crippen molar-refractivity contribution in [2.24, 2.45) is 22.7 Å². The van der Waals surface area contributed by atoms with Crippen molar-refractivity contribution in [2.45, 2.75) is 84.7 Å². The number of carbonyl (C=O) groups excluding carboxylic acids is 2. The third-order valence-corrected chi connectivity index (χ3v) is 9.77. The number of ketones is 2. The van der Waals surface area contributed by atoms with Gasteiger partial charge in [-0.15, -0.1) is 5.92 Å². The number of Topliss-reactive ketones (excluding diaryl/α,β-unsaturated/α-hetero) is 1. The molecule has 5 rings (SSSR count). The molecule has 3 nitrogen and oxygen atoms in total. The normalized spacial score (nSPS) is 35.4. The first-order chi connectivity index (χ1) is 16.2. The Bertz CT molecular complexity index is 1160. The predicted molar refractivity (Wildman–Crippen MR) is 134 cm³/mol. The van der Waals surface area contributed by atoms with Crippen LogP contribution in [0.2, 0.25) is 0 Å². The molecule has 0 saturated heterocycles. The highest BCUT2D eigenvalue weighted by Gasteiger charge is 2.64. The molecule has 0 radical (unpaired) electrons. The van der Waals surface area contributed by atoms with Crippen LogP contribution in [-0.4, -0.2) is 22.8 Å². The Balaban J connectivity index is 1.70. The summed E-state index contributed by atoms with van der Waals surface area (Å²) in [7, 11) is 0. The number of rotatable bonds is 3. The summed E-state index contributed by atoms with van der Waals surface area (Å²) in [4.78, 5) is 24.1. The number of hydrogen-bond donors (Lipinski definition) is 1. The van der Waals surface area contributed by atoms with Crippen LogP contribution in [-0.2, 0) is 4.79 Å². The van der Waals surface area contributed by atoms with Gasteiger partial charge in [0.05, 0.1) is 11.5 Å². The van der Waals surface area contributed by atoms with Gasteiger partial charge in [-0.1, -0.05) is 42.7 Å². The van der Waals surface area contributed by atoms with Gasteiger partial charge in [0.15, 0.2) is 11.6 Å². The average molecular weight is 457 g/mol. The van der Waals surface area contributed by atoms with E-state index in [1.165, 1.54) is 22.3 Å². The monoisotopic (exact) mass is 456 g/mol. The Hall–Kier alpha value is -2.44. The van der Waals surface area contributed by atoms with Crippen molar-refractivity contribution in [3.05, 3.63) is 58.2 Å². The summed E-state index contributed by atoms with van der Waals surface area (Å²) in [6, 6.07) is 8.18. The van der Waals surface area contributed by atoms with Crippen LogP contribution < -0.4 is 0 Å². The minimum Gasteiger partial charge on any atom is -0.392 e. The Labute approximate surface area is 203 Å². The molecule has 0 aromatic heterocycles. The zero-order valence-electron chi connectivity index (χ0n) is 20.9. The molecule has 0 amide bonds. The van der Waals surface area contributed by atoms with Crippen LogP contribution in [0.3, 0.4) is 0 Å². The molecule has 1 N–H and O–H groups in total. The Kier molecular flexibility index (Phi) is 5.72. The second kappa shape index (κ2) is 8.35. The van der Waals surface area contributed by atoms with Crippen molar-refractivity contribution in [3.8, 4) is 11.8 Å². The maximum absolute atomic E-state index is 12.2. The standard InChI is InChI=1S/C31H36O3/c1-5-15-31(20(3)33)16-14-28-26-12-10-23-17-24(34)11-13-25(23)29(26)27(18-30(28,31)4)22-8-6-21(7-9-22)19(2)32/h6-9,17,20,26-28,33H,10-14,16,18H2,1-4H3/t20-,26-,27+,28-,30-,31+/m0/s1. The van der Waals surface area contributed by atoms with Crippen molar-refractivity contribution < 1.29 is 14.7 Å². The fourth-order valence-electron chi connectivity index (χ4n) is 8.19. The molecule has 1 aromatic carbocycles. The highest BCUT2D eigenvalue weighted by molar-refractivity contribution is 5.94. The molecular weight excluding hydrogens is 420 g/mol. The average Bonchev–Trinajstić information content (AvgIpc) is 3.11. The number of aliphatic hydroxyl groups is 1. The van der Waals surface area contributed by atoms with Crippen molar-refractivity contribution in [1.29, 1.82) is 0 Å². The number of hydrogen-bond acceptors (Lipinski definition) is 3. The molecule has 0 spiro atoms. The maximum atomic E-state index is 12.2. The van der Waals surface area contributed by atoms with E-state index in [1.54, 1.807) is 6.92 Å². The zero-order chi connectivity index (χ0) is 24.3. The van der Waals surface area contributed by atoms with Gasteiger partial charge < -0.3 is 5.11 Å². The molecular formula is C31H36O3. The third-order valence-electron chi connectivity index (χ3n) is 9.77. The Morgan fingerprint density at radius 3 is 2.53 bits per heavy atom. The zero-order valence-corrected chi connectivity index (χ0v) is 20.9. The van der Waals surface area contributed by atoms with E-state index in [-0.39, 0.29) is 22.9 Å². The molecule has 2 fully saturated rings. The second-order valence-electron chi connectivity index (χ2n) is 11.2. The van der Waals surface area contributed by atoms with Gasteiger partial charge in [0, 0.05) is 17.9 Å². The van der Waals surface area contributed by atoms with E-state index in [4.69, 9.17) is 0 Å². The van der Waals surface area contributed by atoms with E-state index in [0.717, 1.165) is 44.1 Å². The predicted octanol–water partition coefficient (Wildman–Crippen LogP) is 6.18. The Morgan fingerprint density at radius 2 is 1.88 bits per heavy atom. The van der Waals surface area contributed by atoms with Gasteiger partial charge in [0.1, 0.15) is 0 Å². The lowest BCUT2D eigenvalue weighted by atomic mass is 9.48. The van der Waals surface area contributed by atoms with E-state index in [2.05, 4.69) is 30.9 Å². The molecule has 0 heterocycles. The minimum atomic E-state index is -0.490. The van der Waals surface area contributed by atoms with Crippen LogP contribution in [0.15, 0.2) is 47.1 Å². The smallest absolute Gasteiger partial charge is 0.159 e. The van der Waals surface area contributed by atoms with Crippen LogP contribution in [0.4, 0.5) is 0 Å². The topological polar surface area (TPSA) is 54.4 Å². The number of allylic oxidation sites excluding steroid dienone is 4. The van der Waals surface area contributed by atoms with Gasteiger partial charge in [-0.3, -0.25) is 9.59 Å². The molecule has 0 aliphatic heterocycles. The first kappa shape index (κ1) is 23.3. The first-order valence-electron chi connectivity index (χ1n) is 12.9. The van der Waals surface area contributed by atoms with Gasteiger partial charge in [-0.25, -0.2) is 0 Å². The van der Waals surface area contributed by atoms with E-state index in [1.807, 2.05) is 32.1 Å². The van der Waals surface area contributed by atoms with Gasteiger partial charge in [0.25, 0.3) is 0 Å². The quantitative estimate of drug-likeness (QED) is 0.436. The molecule has 178 valence electrons. The molecule has 1 aromatic rings. The largest absolute Gasteiger partial charge is 0.392 e. The van der Waals surface area contributed by atoms with Crippen LogP contribution >= 0.6 is 0 Å². The van der Waals surface area contributed by atoms with Gasteiger partial charge >= 0.3 is 0 Å². The van der Waals surface area contributed by atoms with Gasteiger partial charge in [0.2, 0.25) is 0 Å². The number of fused-ring (bicyclic) bond motifs is 4. The third kappa shape index (κ3) is 3.29. The number of carbonyl (C=O) groups is 2. The Morgan fingerprint density at radius 1 is 1.15 bits per heavy atom. The molecule has 2 saturated carbocycles. The van der Waals surface area contributed by atoms with Crippen molar-refractivity contribution in [1.82, 2.24) is 0 Å². The van der Waals surface area contributed by atoms with E-state index >= 15 is 0 Å². The number of aliphatic hydroxyl groups excluding tert-OH is 1. The van der Waals surface area contributed by atoms with Crippen molar-refractivity contribution in [3.63, 3.8) is 0 Å². The molecule has 6 atom stereocenters. The van der Waals surface area contributed by atoms with Gasteiger partial charge in [-0.2, -0.15) is 0 Å². The maximum Gasteiger partial charge on any atom is 0.159 e. The molecule has 4 aliphatic rings. The fraction of sp³-hybridized carbons (Fsp3) is 0.548. The minimum absolute atomic E-state index is 0.0814. The highest BCUT2D eigenvalue weighted by Crippen LogP contribution is 2.70. The lowest BCUT2D eigenvalue weighted by Gasteiger charge is -2.56. The summed E-state index contributed by atoms with van der Waals surface area (Å²) in [6.07, 6.45) is 7.86. The fourth-order valence-corrected chi connectivity index (χ4v) is 8.19. The molecule has 3 heteroatoms. The van der Waals surface area contributed by atoms with Crippen LogP contribution in [0, 0.1) is 34.5 Å². The highest BCUT2D eigenvalue weighted by atomic mass is 16.3. The number of benzene rings is 1. The summed E-state index contributed by atoms with van der Waals surface area (Å²) in [5, 5.41) is 11.1. The summed E-state index contributed by atoms with van der Waals surface area (Å²) >= 11 is 0. The SMILES string of the molecule is CC#C[C@]1([C@H](C)O)CC[C@H]2[C@@H]3CCC4=CC(=O)CCC4=C3[C@@H](c3ccc(C(C)=O)cc3)C[C@@]21C. The second-order valence-corrected chi connectivity index (χ2v) is 11.2. The van der Waals surface area contributed by atoms with Crippen LogP contribution in [0.25, 0.3) is 0 Å². The first-order valence-corrected chi connectivity index (χ1v) is 12.9. The van der Waals surface area contributed by atoms with Crippen LogP contribution in [0.1, 0.15) is 94.5 Å². The molecule has 34 heavy (non-hydrogen) atoms. The summed E-state index contributed by atoms with van der Waals surface area (Å²) in [5.74, 6) is 8.21. The summed E-state index contributed by atoms with van der Waals surface area (Å²) < 4.78 is 0. The van der Waals surface area contributed by atoms with E-state index < -0.39 is 11.5 Å². The van der Waals surface area contributed by atoms with E-state index in [9.17, 15) is 14.7 Å². The summed E-state index contributed by atoms with van der Waals surface area (Å²) in [5.41, 5.74) is 5.69. The van der Waals surface area contributed by atoms with E-state index in [0.29, 0.717) is 18.3 Å². The van der Waals surface area contributed by atoms with Crippen LogP contribution in [0.5, 0.6) is 0 Å². The lowest BCUT2D eigenvalue weighted by molar-refractivity contribution is -0.114. The van der Waals surface area contributed by atoms with Crippen molar-refractivity contribution >= 4 is 11.6 Å². The van der Waals surface area contributed by atoms with Gasteiger partial charge in [-0.05, 0) is 99.3 Å². The summed E-state index contributed by atoms with van der Waals surface area (Å²) in [6.45, 7) is 7.82. The molecule has 4 aliphatic carbocycles. The lowest BCUT2D eigenvalue weighted by Crippen LogP contribution is -2.51.